The first-order valence-electron chi connectivity index (χ1n) is 11.0. The van der Waals surface area contributed by atoms with Gasteiger partial charge in [0.1, 0.15) is 17.1 Å². The molecule has 2 atom stereocenters. The fourth-order valence-electron chi connectivity index (χ4n) is 4.03. The molecule has 0 aliphatic heterocycles. The van der Waals surface area contributed by atoms with Crippen molar-refractivity contribution in [1.82, 2.24) is 5.32 Å². The van der Waals surface area contributed by atoms with E-state index < -0.39 is 5.60 Å². The summed E-state index contributed by atoms with van der Waals surface area (Å²) in [6.45, 7) is 4.73. The summed E-state index contributed by atoms with van der Waals surface area (Å²) < 4.78 is 17.7. The van der Waals surface area contributed by atoms with E-state index in [0.717, 1.165) is 34.7 Å². The molecule has 0 aliphatic rings. The van der Waals surface area contributed by atoms with Crippen LogP contribution in [0.2, 0.25) is 0 Å². The molecule has 0 aliphatic carbocycles. The molecule has 0 heterocycles. The monoisotopic (exact) mass is 435 g/mol. The zero-order valence-electron chi connectivity index (χ0n) is 19.2. The fourth-order valence-corrected chi connectivity index (χ4v) is 4.03. The van der Waals surface area contributed by atoms with Gasteiger partial charge in [-0.1, -0.05) is 61.5 Å². The van der Waals surface area contributed by atoms with Crippen molar-refractivity contribution in [3.05, 3.63) is 95.6 Å². The van der Waals surface area contributed by atoms with Crippen molar-refractivity contribution in [2.75, 3.05) is 27.4 Å². The van der Waals surface area contributed by atoms with Gasteiger partial charge in [-0.2, -0.15) is 0 Å². The maximum atomic E-state index is 10.00. The third-order valence-electron chi connectivity index (χ3n) is 5.77. The van der Waals surface area contributed by atoms with Crippen LogP contribution in [0.15, 0.2) is 78.9 Å². The second-order valence-corrected chi connectivity index (χ2v) is 7.67. The van der Waals surface area contributed by atoms with Gasteiger partial charge in [-0.05, 0) is 54.4 Å². The van der Waals surface area contributed by atoms with E-state index >= 15 is 0 Å². The average Bonchev–Trinajstić information content (AvgIpc) is 2.86. The molecular formula is C27H33NO4. The number of likely N-dealkylation sites (N-methyl/N-ethyl adjacent to an activating group) is 1. The fraction of sp³-hybridized carbons (Fsp3) is 0.333. The Morgan fingerprint density at radius 2 is 1.25 bits per heavy atom. The van der Waals surface area contributed by atoms with Crippen LogP contribution in [-0.2, 0) is 10.3 Å². The van der Waals surface area contributed by atoms with Crippen LogP contribution in [0, 0.1) is 0 Å². The van der Waals surface area contributed by atoms with Gasteiger partial charge in [0.05, 0.1) is 33.0 Å². The zero-order valence-corrected chi connectivity index (χ0v) is 19.2. The summed E-state index contributed by atoms with van der Waals surface area (Å²) >= 11 is 0. The van der Waals surface area contributed by atoms with Crippen molar-refractivity contribution in [2.45, 2.75) is 31.6 Å². The molecule has 3 aromatic carbocycles. The lowest BCUT2D eigenvalue weighted by Gasteiger charge is -2.40. The molecule has 0 amide bonds. The molecular weight excluding hydrogens is 402 g/mol. The van der Waals surface area contributed by atoms with Crippen LogP contribution in [0.4, 0.5) is 0 Å². The number of rotatable bonds is 11. The van der Waals surface area contributed by atoms with Gasteiger partial charge >= 0.3 is 0 Å². The van der Waals surface area contributed by atoms with Gasteiger partial charge in [0.15, 0.2) is 0 Å². The number of benzene rings is 3. The van der Waals surface area contributed by atoms with E-state index in [0.29, 0.717) is 0 Å². The Balaban J connectivity index is 2.23. The lowest BCUT2D eigenvalue weighted by molar-refractivity contribution is -0.0619. The average molecular weight is 436 g/mol. The van der Waals surface area contributed by atoms with Crippen molar-refractivity contribution in [1.29, 1.82) is 0 Å². The minimum atomic E-state index is -0.901. The summed E-state index contributed by atoms with van der Waals surface area (Å²) in [4.78, 5) is 0. The normalized spacial score (nSPS) is 13.4. The Labute approximate surface area is 191 Å². The van der Waals surface area contributed by atoms with Gasteiger partial charge in [0, 0.05) is 0 Å². The summed E-state index contributed by atoms with van der Waals surface area (Å²) in [5.41, 5.74) is 2.03. The summed E-state index contributed by atoms with van der Waals surface area (Å²) in [6, 6.07) is 25.9. The number of hydrogen-bond donors (Lipinski definition) is 2. The van der Waals surface area contributed by atoms with Crippen molar-refractivity contribution in [3.8, 4) is 11.5 Å². The number of ether oxygens (including phenoxy) is 3. The number of methoxy groups -OCH3 is 2. The molecule has 0 aromatic heterocycles. The highest BCUT2D eigenvalue weighted by molar-refractivity contribution is 5.49. The first-order chi connectivity index (χ1) is 15.6. The minimum Gasteiger partial charge on any atom is -0.497 e. The number of aliphatic hydroxyl groups excluding tert-OH is 1. The van der Waals surface area contributed by atoms with Crippen LogP contribution >= 0.6 is 0 Å². The summed E-state index contributed by atoms with van der Waals surface area (Å²) in [6.07, 6.45) is -0.288. The molecule has 0 spiro atoms. The maximum Gasteiger partial charge on any atom is 0.144 e. The van der Waals surface area contributed by atoms with Crippen LogP contribution in [0.3, 0.4) is 0 Å². The minimum absolute atomic E-state index is 0.0227. The highest BCUT2D eigenvalue weighted by Gasteiger charge is 2.40. The molecule has 2 N–H and O–H groups in total. The van der Waals surface area contributed by atoms with Gasteiger partial charge in [-0.3, -0.25) is 0 Å². The van der Waals surface area contributed by atoms with Crippen LogP contribution in [0.5, 0.6) is 11.5 Å². The Morgan fingerprint density at radius 1 is 0.781 bits per heavy atom. The van der Waals surface area contributed by atoms with Crippen LogP contribution in [0.1, 0.15) is 30.5 Å². The maximum absolute atomic E-state index is 10.00. The standard InChI is InChI=1S/C27H33NO4/c1-5-28-26(19-29)20(2)32-27(21-9-7-6-8-10-21,22-11-15-24(30-3)16-12-22)23-13-17-25(31-4)18-14-23/h6-18,20,26,28-29H,5,19H2,1-4H3. The van der Waals surface area contributed by atoms with E-state index in [4.69, 9.17) is 14.2 Å². The molecule has 3 rings (SSSR count). The van der Waals surface area contributed by atoms with E-state index in [9.17, 15) is 5.11 Å². The first-order valence-corrected chi connectivity index (χ1v) is 11.0. The van der Waals surface area contributed by atoms with Crippen molar-refractivity contribution >= 4 is 0 Å². The summed E-state index contributed by atoms with van der Waals surface area (Å²) in [7, 11) is 3.31. The van der Waals surface area contributed by atoms with Crippen molar-refractivity contribution in [2.24, 2.45) is 0 Å². The molecule has 32 heavy (non-hydrogen) atoms. The first kappa shape index (κ1) is 23.8. The van der Waals surface area contributed by atoms with Gasteiger partial charge in [0.2, 0.25) is 0 Å². The molecule has 0 bridgehead atoms. The predicted octanol–water partition coefficient (Wildman–Crippen LogP) is 4.37. The van der Waals surface area contributed by atoms with Crippen LogP contribution in [0.25, 0.3) is 0 Å². The quantitative estimate of drug-likeness (QED) is 0.438. The molecule has 0 fully saturated rings. The largest absolute Gasteiger partial charge is 0.497 e. The predicted molar refractivity (Wildman–Crippen MR) is 127 cm³/mol. The van der Waals surface area contributed by atoms with Gasteiger partial charge < -0.3 is 24.6 Å². The van der Waals surface area contributed by atoms with Crippen LogP contribution in [-0.4, -0.2) is 44.6 Å². The lowest BCUT2D eigenvalue weighted by Crippen LogP contribution is -2.47. The third kappa shape index (κ3) is 4.96. The number of nitrogens with one attached hydrogen (secondary N) is 1. The third-order valence-corrected chi connectivity index (χ3v) is 5.77. The molecule has 0 saturated heterocycles. The van der Waals surface area contributed by atoms with Crippen molar-refractivity contribution < 1.29 is 19.3 Å². The van der Waals surface area contributed by atoms with Gasteiger partial charge in [0.25, 0.3) is 0 Å². The highest BCUT2D eigenvalue weighted by Crippen LogP contribution is 2.42. The van der Waals surface area contributed by atoms with E-state index in [1.807, 2.05) is 80.6 Å². The SMILES string of the molecule is CCNC(CO)C(C)OC(c1ccccc1)(c1ccc(OC)cc1)c1ccc(OC)cc1. The summed E-state index contributed by atoms with van der Waals surface area (Å²) in [5, 5.41) is 13.3. The molecule has 170 valence electrons. The number of aliphatic hydroxyl groups is 1. The van der Waals surface area contributed by atoms with E-state index in [2.05, 4.69) is 17.4 Å². The smallest absolute Gasteiger partial charge is 0.144 e. The Morgan fingerprint density at radius 3 is 1.66 bits per heavy atom. The molecule has 5 heteroatoms. The van der Waals surface area contributed by atoms with E-state index in [1.54, 1.807) is 14.2 Å². The Bertz CT molecular complexity index is 894. The zero-order chi connectivity index (χ0) is 23.0. The lowest BCUT2D eigenvalue weighted by atomic mass is 9.79. The van der Waals surface area contributed by atoms with E-state index in [-0.39, 0.29) is 18.8 Å². The second kappa shape index (κ2) is 11.1. The highest BCUT2D eigenvalue weighted by atomic mass is 16.5. The molecule has 0 radical (unpaired) electrons. The summed E-state index contributed by atoms with van der Waals surface area (Å²) in [5.74, 6) is 1.55. The second-order valence-electron chi connectivity index (χ2n) is 7.67. The molecule has 2 unspecified atom stereocenters. The Kier molecular flexibility index (Phi) is 8.28. The van der Waals surface area contributed by atoms with Gasteiger partial charge in [-0.25, -0.2) is 0 Å². The molecule has 0 saturated carbocycles. The number of hydrogen-bond acceptors (Lipinski definition) is 5. The van der Waals surface area contributed by atoms with E-state index in [1.165, 1.54) is 0 Å². The topological polar surface area (TPSA) is 60.0 Å². The van der Waals surface area contributed by atoms with Crippen LogP contribution < -0.4 is 14.8 Å². The van der Waals surface area contributed by atoms with Gasteiger partial charge in [-0.15, -0.1) is 0 Å². The van der Waals surface area contributed by atoms with Crippen molar-refractivity contribution in [3.63, 3.8) is 0 Å². The Hall–Kier alpha value is -2.86. The molecule has 5 nitrogen and oxygen atoms in total. The molecule has 3 aromatic rings.